The number of hydrogen-bond donors (Lipinski definition) is 3. The molecule has 0 aliphatic rings. The van der Waals surface area contributed by atoms with Crippen LogP contribution >= 0.6 is 0 Å². The second kappa shape index (κ2) is 9.53. The number of nitrogens with one attached hydrogen (secondary N) is 1. The molecule has 1 unspecified atom stereocenters. The lowest BCUT2D eigenvalue weighted by atomic mass is 10.2. The molecule has 0 bridgehead atoms. The van der Waals surface area contributed by atoms with E-state index >= 15 is 0 Å². The van der Waals surface area contributed by atoms with Crippen molar-refractivity contribution < 1.29 is 19.7 Å². The first-order chi connectivity index (χ1) is 7.52. The van der Waals surface area contributed by atoms with Crippen LogP contribution in [0.3, 0.4) is 0 Å². The number of carboxylic acids is 1. The van der Waals surface area contributed by atoms with Gasteiger partial charge in [0.2, 0.25) is 0 Å². The molecule has 1 atom stereocenters. The number of carboxylic acid groups (broad SMARTS) is 1. The maximum atomic E-state index is 10.2. The van der Waals surface area contributed by atoms with Gasteiger partial charge in [-0.3, -0.25) is 4.79 Å². The number of aliphatic hydroxyl groups excluding tert-OH is 1. The standard InChI is InChI=1S/C10H22N2O4/c1-12(2)4-6-16-5-3-11-8-9(13)7-10(14)15/h9,11,13H,3-8H2,1-2H3,(H,14,15). The van der Waals surface area contributed by atoms with Crippen molar-refractivity contribution >= 4 is 5.97 Å². The molecule has 0 rings (SSSR count). The van der Waals surface area contributed by atoms with Gasteiger partial charge in [-0.1, -0.05) is 0 Å². The van der Waals surface area contributed by atoms with Gasteiger partial charge in [0.15, 0.2) is 0 Å². The summed E-state index contributed by atoms with van der Waals surface area (Å²) >= 11 is 0. The van der Waals surface area contributed by atoms with Crippen LogP contribution in [0.4, 0.5) is 0 Å². The van der Waals surface area contributed by atoms with E-state index in [-0.39, 0.29) is 13.0 Å². The molecule has 6 nitrogen and oxygen atoms in total. The summed E-state index contributed by atoms with van der Waals surface area (Å²) in [7, 11) is 3.95. The molecule has 0 aromatic heterocycles. The maximum absolute atomic E-state index is 10.2. The normalized spacial score (nSPS) is 13.0. The van der Waals surface area contributed by atoms with E-state index in [0.717, 1.165) is 6.54 Å². The Morgan fingerprint density at radius 2 is 2.12 bits per heavy atom. The Morgan fingerprint density at radius 3 is 2.69 bits per heavy atom. The molecule has 0 fully saturated rings. The van der Waals surface area contributed by atoms with Gasteiger partial charge in [-0.05, 0) is 14.1 Å². The monoisotopic (exact) mass is 234 g/mol. The minimum Gasteiger partial charge on any atom is -0.481 e. The molecule has 6 heteroatoms. The summed E-state index contributed by atoms with van der Waals surface area (Å²) in [5.41, 5.74) is 0. The molecule has 0 saturated carbocycles. The van der Waals surface area contributed by atoms with E-state index < -0.39 is 12.1 Å². The number of aliphatic carboxylic acids is 1. The van der Waals surface area contributed by atoms with Crippen molar-refractivity contribution in [3.8, 4) is 0 Å². The Hall–Kier alpha value is -0.690. The average molecular weight is 234 g/mol. The molecule has 0 aromatic rings. The SMILES string of the molecule is CN(C)CCOCCNCC(O)CC(=O)O. The third-order valence-corrected chi connectivity index (χ3v) is 1.90. The molecule has 0 aliphatic carbocycles. The van der Waals surface area contributed by atoms with Gasteiger partial charge in [0.1, 0.15) is 0 Å². The van der Waals surface area contributed by atoms with Crippen molar-refractivity contribution in [1.82, 2.24) is 10.2 Å². The Labute approximate surface area is 96.2 Å². The van der Waals surface area contributed by atoms with Crippen LogP contribution in [0.25, 0.3) is 0 Å². The van der Waals surface area contributed by atoms with Crippen molar-refractivity contribution in [2.75, 3.05) is 46.9 Å². The Balaban J connectivity index is 3.17. The lowest BCUT2D eigenvalue weighted by Crippen LogP contribution is -2.31. The van der Waals surface area contributed by atoms with Crippen LogP contribution in [-0.2, 0) is 9.53 Å². The molecule has 0 aromatic carbocycles. The fourth-order valence-electron chi connectivity index (χ4n) is 1.04. The van der Waals surface area contributed by atoms with Gasteiger partial charge < -0.3 is 25.2 Å². The van der Waals surface area contributed by atoms with Crippen LogP contribution < -0.4 is 5.32 Å². The highest BCUT2D eigenvalue weighted by Crippen LogP contribution is 1.88. The predicted molar refractivity (Wildman–Crippen MR) is 60.5 cm³/mol. The lowest BCUT2D eigenvalue weighted by Gasteiger charge is -2.11. The predicted octanol–water partition coefficient (Wildman–Crippen LogP) is -1.01. The highest BCUT2D eigenvalue weighted by atomic mass is 16.5. The highest BCUT2D eigenvalue weighted by molar-refractivity contribution is 5.67. The molecule has 0 amide bonds. The minimum atomic E-state index is -0.989. The van der Waals surface area contributed by atoms with E-state index in [1.165, 1.54) is 0 Å². The van der Waals surface area contributed by atoms with E-state index in [1.807, 2.05) is 19.0 Å². The smallest absolute Gasteiger partial charge is 0.306 e. The van der Waals surface area contributed by atoms with E-state index in [1.54, 1.807) is 0 Å². The van der Waals surface area contributed by atoms with Gasteiger partial charge in [0, 0.05) is 19.6 Å². The van der Waals surface area contributed by atoms with E-state index in [2.05, 4.69) is 5.32 Å². The molecule has 0 spiro atoms. The number of carbonyl (C=O) groups is 1. The molecule has 96 valence electrons. The Kier molecular flexibility index (Phi) is 9.12. The van der Waals surface area contributed by atoms with Crippen LogP contribution in [0.1, 0.15) is 6.42 Å². The third-order valence-electron chi connectivity index (χ3n) is 1.90. The summed E-state index contributed by atoms with van der Waals surface area (Å²) < 4.78 is 5.31. The molecule has 0 heterocycles. The number of ether oxygens (including phenoxy) is 1. The largest absolute Gasteiger partial charge is 0.481 e. The summed E-state index contributed by atoms with van der Waals surface area (Å²) in [6, 6.07) is 0. The van der Waals surface area contributed by atoms with Gasteiger partial charge in [-0.15, -0.1) is 0 Å². The first-order valence-corrected chi connectivity index (χ1v) is 5.35. The fraction of sp³-hybridized carbons (Fsp3) is 0.900. The molecule has 3 N–H and O–H groups in total. The van der Waals surface area contributed by atoms with Crippen LogP contribution in [-0.4, -0.2) is 74.1 Å². The fourth-order valence-corrected chi connectivity index (χ4v) is 1.04. The molecule has 16 heavy (non-hydrogen) atoms. The number of likely N-dealkylation sites (N-methyl/N-ethyl adjacent to an activating group) is 1. The molecule has 0 radical (unpaired) electrons. The van der Waals surface area contributed by atoms with Crippen molar-refractivity contribution in [2.24, 2.45) is 0 Å². The topological polar surface area (TPSA) is 82.0 Å². The van der Waals surface area contributed by atoms with Crippen LogP contribution in [0, 0.1) is 0 Å². The first kappa shape index (κ1) is 15.3. The Bertz CT molecular complexity index is 188. The lowest BCUT2D eigenvalue weighted by molar-refractivity contribution is -0.139. The quantitative estimate of drug-likeness (QED) is 0.420. The van der Waals surface area contributed by atoms with Gasteiger partial charge in [-0.25, -0.2) is 0 Å². The summed E-state index contributed by atoms with van der Waals surface area (Å²) in [4.78, 5) is 12.3. The zero-order chi connectivity index (χ0) is 12.4. The van der Waals surface area contributed by atoms with Gasteiger partial charge in [0.05, 0.1) is 25.7 Å². The van der Waals surface area contributed by atoms with Crippen LogP contribution in [0.15, 0.2) is 0 Å². The van der Waals surface area contributed by atoms with E-state index in [4.69, 9.17) is 9.84 Å². The number of rotatable bonds is 10. The second-order valence-corrected chi connectivity index (χ2v) is 3.87. The summed E-state index contributed by atoms with van der Waals surface area (Å²) in [6.07, 6.45) is -1.06. The van der Waals surface area contributed by atoms with Crippen molar-refractivity contribution in [3.05, 3.63) is 0 Å². The van der Waals surface area contributed by atoms with Crippen LogP contribution in [0.2, 0.25) is 0 Å². The number of hydrogen-bond acceptors (Lipinski definition) is 5. The zero-order valence-electron chi connectivity index (χ0n) is 9.98. The van der Waals surface area contributed by atoms with Gasteiger partial charge in [-0.2, -0.15) is 0 Å². The number of nitrogens with zero attached hydrogens (tertiary/aromatic N) is 1. The van der Waals surface area contributed by atoms with Gasteiger partial charge in [0.25, 0.3) is 0 Å². The second-order valence-electron chi connectivity index (χ2n) is 3.87. The summed E-state index contributed by atoms with van der Waals surface area (Å²) in [5, 5.41) is 20.5. The zero-order valence-corrected chi connectivity index (χ0v) is 9.98. The minimum absolute atomic E-state index is 0.228. The molecular weight excluding hydrogens is 212 g/mol. The van der Waals surface area contributed by atoms with E-state index in [0.29, 0.717) is 19.8 Å². The first-order valence-electron chi connectivity index (χ1n) is 5.35. The maximum Gasteiger partial charge on any atom is 0.306 e. The van der Waals surface area contributed by atoms with Crippen molar-refractivity contribution in [3.63, 3.8) is 0 Å². The Morgan fingerprint density at radius 1 is 1.44 bits per heavy atom. The average Bonchev–Trinajstić information content (AvgIpc) is 2.14. The number of aliphatic hydroxyl groups is 1. The van der Waals surface area contributed by atoms with Crippen molar-refractivity contribution in [1.29, 1.82) is 0 Å². The molecule has 0 saturated heterocycles. The highest BCUT2D eigenvalue weighted by Gasteiger charge is 2.07. The third kappa shape index (κ3) is 11.4. The van der Waals surface area contributed by atoms with Crippen LogP contribution in [0.5, 0.6) is 0 Å². The molecule has 0 aliphatic heterocycles. The van der Waals surface area contributed by atoms with E-state index in [9.17, 15) is 9.90 Å². The molecular formula is C10H22N2O4. The van der Waals surface area contributed by atoms with Crippen molar-refractivity contribution in [2.45, 2.75) is 12.5 Å². The van der Waals surface area contributed by atoms with Gasteiger partial charge >= 0.3 is 5.97 Å². The summed E-state index contributed by atoms with van der Waals surface area (Å²) in [6.45, 7) is 3.01. The summed E-state index contributed by atoms with van der Waals surface area (Å²) in [5.74, 6) is -0.989.